The van der Waals surface area contributed by atoms with Crippen LogP contribution in [0.3, 0.4) is 0 Å². The van der Waals surface area contributed by atoms with Gasteiger partial charge in [-0.05, 0) is 160 Å². The Morgan fingerprint density at radius 3 is 0.942 bits per heavy atom. The van der Waals surface area contributed by atoms with Crippen LogP contribution < -0.4 is 9.47 Å². The van der Waals surface area contributed by atoms with E-state index in [4.69, 9.17) is 29.4 Å². The molecular formula is C112H68N6O2. The smallest absolute Gasteiger partial charge is 0.164 e. The van der Waals surface area contributed by atoms with Gasteiger partial charge >= 0.3 is 0 Å². The van der Waals surface area contributed by atoms with Crippen LogP contribution in [0.15, 0.2) is 413 Å². The number of hydrogen-bond donors (Lipinski definition) is 0. The van der Waals surface area contributed by atoms with Gasteiger partial charge in [-0.3, -0.25) is 0 Å². The molecular weight excluding hydrogens is 1460 g/mol. The van der Waals surface area contributed by atoms with Crippen molar-refractivity contribution < 1.29 is 9.47 Å². The number of nitrogens with zero attached hydrogens (tertiary/aromatic N) is 6. The predicted molar refractivity (Wildman–Crippen MR) is 480 cm³/mol. The molecule has 2 atom stereocenters. The molecule has 0 N–H and O–H groups in total. The Kier molecular flexibility index (Phi) is 17.0. The third-order valence-corrected chi connectivity index (χ3v) is 24.3. The number of para-hydroxylation sites is 4. The van der Waals surface area contributed by atoms with Crippen LogP contribution in [-0.2, 0) is 10.8 Å². The molecule has 2 unspecified atom stereocenters. The van der Waals surface area contributed by atoms with E-state index in [0.717, 1.165) is 140 Å². The summed E-state index contributed by atoms with van der Waals surface area (Å²) in [6, 6.07) is 148. The molecule has 2 aromatic heterocycles. The topological polar surface area (TPSA) is 118 Å². The number of nitriles is 2. The molecule has 19 aromatic rings. The number of benzene rings is 17. The predicted octanol–water partition coefficient (Wildman–Crippen LogP) is 27.5. The van der Waals surface area contributed by atoms with E-state index < -0.39 is 10.8 Å². The maximum absolute atomic E-state index is 9.48. The molecule has 120 heavy (non-hydrogen) atoms. The molecule has 558 valence electrons. The molecule has 23 rings (SSSR count). The van der Waals surface area contributed by atoms with Crippen molar-refractivity contribution in [3.8, 4) is 170 Å². The number of fused-ring (bicyclic) bond motifs is 19. The molecule has 0 fully saturated rings. The Bertz CT molecular complexity index is 7290. The van der Waals surface area contributed by atoms with Crippen LogP contribution in [-0.4, -0.2) is 19.9 Å². The van der Waals surface area contributed by atoms with E-state index in [0.29, 0.717) is 22.8 Å². The first-order valence-electron chi connectivity index (χ1n) is 40.3. The minimum Gasteiger partial charge on any atom is -0.456 e. The van der Waals surface area contributed by atoms with Crippen molar-refractivity contribution in [3.63, 3.8) is 0 Å². The number of hydrogen-bond acceptors (Lipinski definition) is 8. The van der Waals surface area contributed by atoms with Gasteiger partial charge in [0.1, 0.15) is 23.0 Å². The van der Waals surface area contributed by atoms with E-state index >= 15 is 0 Å². The fraction of sp³-hybridized carbons (Fsp3) is 0.0179. The Morgan fingerprint density at radius 2 is 0.508 bits per heavy atom. The highest BCUT2D eigenvalue weighted by molar-refractivity contribution is 6.09. The van der Waals surface area contributed by atoms with E-state index in [-0.39, 0.29) is 0 Å². The highest BCUT2D eigenvalue weighted by atomic mass is 16.5. The summed E-state index contributed by atoms with van der Waals surface area (Å²) in [4.78, 5) is 21.1. The molecule has 2 aliphatic carbocycles. The second-order valence-electron chi connectivity index (χ2n) is 30.7. The molecule has 0 amide bonds. The van der Waals surface area contributed by atoms with Crippen LogP contribution in [0.2, 0.25) is 0 Å². The van der Waals surface area contributed by atoms with Crippen molar-refractivity contribution in [3.05, 3.63) is 468 Å². The monoisotopic (exact) mass is 1530 g/mol. The Balaban J connectivity index is 0.000000144. The van der Waals surface area contributed by atoms with Crippen LogP contribution in [0.25, 0.3) is 145 Å². The third kappa shape index (κ3) is 11.3. The minimum atomic E-state index is -0.709. The van der Waals surface area contributed by atoms with Crippen molar-refractivity contribution in [1.29, 1.82) is 10.5 Å². The van der Waals surface area contributed by atoms with Crippen molar-refractivity contribution in [2.24, 2.45) is 0 Å². The summed E-state index contributed by atoms with van der Waals surface area (Å²) in [7, 11) is 0. The molecule has 0 bridgehead atoms. The second-order valence-corrected chi connectivity index (χ2v) is 30.7. The molecule has 4 aliphatic rings. The number of ether oxygens (including phenoxy) is 2. The van der Waals surface area contributed by atoms with E-state index in [2.05, 4.69) is 297 Å². The van der Waals surface area contributed by atoms with Crippen molar-refractivity contribution in [2.75, 3.05) is 0 Å². The first-order chi connectivity index (χ1) is 59.4. The average molecular weight is 1530 g/mol. The molecule has 2 aliphatic heterocycles. The van der Waals surface area contributed by atoms with Crippen LogP contribution >= 0.6 is 0 Å². The van der Waals surface area contributed by atoms with Gasteiger partial charge in [-0.1, -0.05) is 352 Å². The Morgan fingerprint density at radius 1 is 0.208 bits per heavy atom. The van der Waals surface area contributed by atoms with Crippen molar-refractivity contribution >= 4 is 10.8 Å². The quantitative estimate of drug-likeness (QED) is 0.133. The van der Waals surface area contributed by atoms with Gasteiger partial charge < -0.3 is 9.47 Å². The van der Waals surface area contributed by atoms with Gasteiger partial charge in [0.15, 0.2) is 11.6 Å². The SMILES string of the molecule is N#Cc1ccc(-c2ccc(-c3cccc4c3-c3ccccc3C43c4ccccc4Oc4c(-c5nc(-c6ccccc6)cc(-c6ccccc6)n5)cccc43)c3ccccc23)cc1.N#Cc1ccc(-c2ccc(-c3cccc4c3-c3ccccc3C43c4ccccc4Oc4c(-c5nc(-c6ccccc6)cc(-c6ccccc6)n5)cccc43)cc2)cc1. The van der Waals surface area contributed by atoms with Gasteiger partial charge in [0.25, 0.3) is 0 Å². The maximum atomic E-state index is 9.48. The van der Waals surface area contributed by atoms with Crippen LogP contribution in [0.4, 0.5) is 0 Å². The maximum Gasteiger partial charge on any atom is 0.164 e. The van der Waals surface area contributed by atoms with Gasteiger partial charge in [-0.2, -0.15) is 10.5 Å². The lowest BCUT2D eigenvalue weighted by atomic mass is 9.65. The number of aromatic nitrogens is 4. The highest BCUT2D eigenvalue weighted by Gasteiger charge is 2.54. The lowest BCUT2D eigenvalue weighted by Crippen LogP contribution is -2.32. The lowest BCUT2D eigenvalue weighted by molar-refractivity contribution is 0.437. The molecule has 0 saturated carbocycles. The fourth-order valence-electron chi connectivity index (χ4n) is 19.0. The molecule has 4 heterocycles. The van der Waals surface area contributed by atoms with Gasteiger partial charge in [-0.25, -0.2) is 19.9 Å². The van der Waals surface area contributed by atoms with Crippen molar-refractivity contribution in [1.82, 2.24) is 19.9 Å². The highest BCUT2D eigenvalue weighted by Crippen LogP contribution is 2.67. The molecule has 2 spiro atoms. The van der Waals surface area contributed by atoms with E-state index in [1.807, 2.05) is 127 Å². The lowest BCUT2D eigenvalue weighted by Gasteiger charge is -2.40. The van der Waals surface area contributed by atoms with Gasteiger partial charge in [0.2, 0.25) is 0 Å². The normalized spacial score (nSPS) is 14.3. The van der Waals surface area contributed by atoms with Crippen molar-refractivity contribution in [2.45, 2.75) is 10.8 Å². The summed E-state index contributed by atoms with van der Waals surface area (Å²) in [5, 5.41) is 21.1. The summed E-state index contributed by atoms with van der Waals surface area (Å²) < 4.78 is 14.2. The van der Waals surface area contributed by atoms with Crippen LogP contribution in [0.5, 0.6) is 23.0 Å². The van der Waals surface area contributed by atoms with Gasteiger partial charge in [-0.15, -0.1) is 0 Å². The first kappa shape index (κ1) is 70.4. The van der Waals surface area contributed by atoms with E-state index in [9.17, 15) is 10.5 Å². The fourth-order valence-corrected chi connectivity index (χ4v) is 19.0. The van der Waals surface area contributed by atoms with Crippen LogP contribution in [0.1, 0.15) is 55.6 Å². The first-order valence-corrected chi connectivity index (χ1v) is 40.3. The molecule has 0 saturated heterocycles. The minimum absolute atomic E-state index is 0.602. The molecule has 17 aromatic carbocycles. The summed E-state index contributed by atoms with van der Waals surface area (Å²) in [5.74, 6) is 4.33. The van der Waals surface area contributed by atoms with E-state index in [1.54, 1.807) is 0 Å². The standard InChI is InChI=1S/C58H35N3O.C54H33N3O/c59-36-37-29-31-38(32-30-37)41-33-34-44(43-20-8-7-19-42(41)43)45-22-13-26-50-55(45)46-21-9-10-24-48(46)58(50)49-25-11-12-28-54(49)62-56-47(23-14-27-51(56)58)57-60-52(39-15-3-1-4-16-39)35-53(61-57)40-17-5-2-6-18-40;55-34-35-25-27-36(28-26-35)37-29-31-38(32-30-37)41-18-11-22-46-51(41)42-17-7-8-20-44(42)54(46)45-21-9-10-24-50(45)58-52-43(19-12-23-47(52)54)53-56-48(39-13-3-1-4-14-39)33-49(57-53)40-15-5-2-6-16-40/h1-35H;1-33H. The largest absolute Gasteiger partial charge is 0.456 e. The summed E-state index contributed by atoms with van der Waals surface area (Å²) in [6.07, 6.45) is 0. The van der Waals surface area contributed by atoms with Crippen LogP contribution in [0, 0.1) is 22.7 Å². The van der Waals surface area contributed by atoms with Gasteiger partial charge in [0, 0.05) is 44.5 Å². The average Bonchev–Trinajstić information content (AvgIpc) is 1.49. The number of rotatable bonds is 10. The Labute approximate surface area is 694 Å². The molecule has 8 nitrogen and oxygen atoms in total. The summed E-state index contributed by atoms with van der Waals surface area (Å²) >= 11 is 0. The molecule has 8 heteroatoms. The second kappa shape index (κ2) is 28.9. The Hall–Kier alpha value is -16.3. The molecule has 0 radical (unpaired) electrons. The van der Waals surface area contributed by atoms with Gasteiger partial charge in [0.05, 0.1) is 68.0 Å². The third-order valence-electron chi connectivity index (χ3n) is 24.3. The van der Waals surface area contributed by atoms with E-state index in [1.165, 1.54) is 61.0 Å². The zero-order valence-electron chi connectivity index (χ0n) is 64.8. The summed E-state index contributed by atoms with van der Waals surface area (Å²) in [6.45, 7) is 0. The summed E-state index contributed by atoms with van der Waals surface area (Å²) in [5.41, 5.74) is 32.0. The zero-order chi connectivity index (χ0) is 79.8. The zero-order valence-corrected chi connectivity index (χ0v) is 64.8.